The van der Waals surface area contributed by atoms with Gasteiger partial charge in [0.25, 0.3) is 0 Å². The molecule has 1 aromatic carbocycles. The average Bonchev–Trinajstić information content (AvgIpc) is 3.27. The zero-order valence-electron chi connectivity index (χ0n) is 17.3. The van der Waals surface area contributed by atoms with Gasteiger partial charge in [0.1, 0.15) is 11.9 Å². The zero-order chi connectivity index (χ0) is 22.0. The van der Waals surface area contributed by atoms with Gasteiger partial charge >= 0.3 is 0 Å². The van der Waals surface area contributed by atoms with Crippen molar-refractivity contribution in [3.63, 3.8) is 0 Å². The predicted octanol–water partition coefficient (Wildman–Crippen LogP) is 5.50. The lowest BCUT2D eigenvalue weighted by atomic mass is 10.1. The lowest BCUT2D eigenvalue weighted by Crippen LogP contribution is -2.29. The van der Waals surface area contributed by atoms with Gasteiger partial charge < -0.3 is 15.4 Å². The van der Waals surface area contributed by atoms with Gasteiger partial charge in [-0.1, -0.05) is 23.2 Å². The first-order valence-corrected chi connectivity index (χ1v) is 11.0. The second-order valence-corrected chi connectivity index (χ2v) is 8.31. The second kappa shape index (κ2) is 9.42. The molecule has 164 valence electrons. The van der Waals surface area contributed by atoms with E-state index in [4.69, 9.17) is 27.9 Å². The van der Waals surface area contributed by atoms with Gasteiger partial charge in [-0.3, -0.25) is 4.68 Å². The van der Waals surface area contributed by atoms with Crippen LogP contribution >= 0.6 is 23.2 Å². The molecule has 9 heteroatoms. The van der Waals surface area contributed by atoms with Crippen molar-refractivity contribution in [2.45, 2.75) is 31.9 Å². The van der Waals surface area contributed by atoms with Crippen molar-refractivity contribution in [1.29, 1.82) is 0 Å². The van der Waals surface area contributed by atoms with Crippen molar-refractivity contribution in [2.24, 2.45) is 0 Å². The number of benzene rings is 1. The first-order valence-electron chi connectivity index (χ1n) is 10.2. The number of aromatic nitrogens is 3. The second-order valence-electron chi connectivity index (χ2n) is 7.53. The molecule has 4 rings (SSSR count). The Kier molecular flexibility index (Phi) is 6.65. The summed E-state index contributed by atoms with van der Waals surface area (Å²) < 4.78 is 22.1. The highest BCUT2D eigenvalue weighted by atomic mass is 35.5. The highest BCUT2D eigenvalue weighted by molar-refractivity contribution is 6.36. The molecule has 0 amide bonds. The highest BCUT2D eigenvalue weighted by Gasteiger charge is 2.21. The van der Waals surface area contributed by atoms with Gasteiger partial charge in [-0.25, -0.2) is 9.37 Å². The Morgan fingerprint density at radius 1 is 1.23 bits per heavy atom. The van der Waals surface area contributed by atoms with Crippen LogP contribution in [0.2, 0.25) is 10.0 Å². The number of nitrogens with one attached hydrogen (secondary N) is 2. The van der Waals surface area contributed by atoms with Gasteiger partial charge in [0.2, 0.25) is 0 Å². The number of ether oxygens (including phenoxy) is 1. The maximum Gasteiger partial charge on any atom is 0.168 e. The molecule has 3 heterocycles. The number of halogens is 3. The Balaban J connectivity index is 1.61. The zero-order valence-corrected chi connectivity index (χ0v) is 18.8. The molecule has 1 unspecified atom stereocenters. The number of rotatable bonds is 6. The Morgan fingerprint density at radius 2 is 2.00 bits per heavy atom. The van der Waals surface area contributed by atoms with Gasteiger partial charge in [0, 0.05) is 41.2 Å². The molecule has 0 bridgehead atoms. The number of pyridine rings is 1. The van der Waals surface area contributed by atoms with Crippen LogP contribution in [0.25, 0.3) is 11.1 Å². The van der Waals surface area contributed by atoms with Crippen LogP contribution in [-0.4, -0.2) is 34.9 Å². The van der Waals surface area contributed by atoms with E-state index in [1.165, 1.54) is 12.1 Å². The summed E-state index contributed by atoms with van der Waals surface area (Å²) in [5.41, 5.74) is 2.22. The average molecular weight is 464 g/mol. The van der Waals surface area contributed by atoms with Crippen molar-refractivity contribution < 1.29 is 9.13 Å². The van der Waals surface area contributed by atoms with E-state index in [9.17, 15) is 4.39 Å². The normalized spacial score (nSPS) is 15.6. The molecule has 0 spiro atoms. The van der Waals surface area contributed by atoms with E-state index < -0.39 is 11.9 Å². The smallest absolute Gasteiger partial charge is 0.168 e. The molecular weight excluding hydrogens is 440 g/mol. The topological polar surface area (TPSA) is 64.0 Å². The molecule has 0 radical (unpaired) electrons. The van der Waals surface area contributed by atoms with Crippen LogP contribution in [0.3, 0.4) is 0 Å². The number of hydrogen-bond acceptors (Lipinski definition) is 5. The van der Waals surface area contributed by atoms with Crippen molar-refractivity contribution in [3.05, 3.63) is 58.2 Å². The summed E-state index contributed by atoms with van der Waals surface area (Å²) in [5, 5.41) is 11.3. The lowest BCUT2D eigenvalue weighted by molar-refractivity contribution is 0.227. The van der Waals surface area contributed by atoms with Gasteiger partial charge in [-0.15, -0.1) is 0 Å². The van der Waals surface area contributed by atoms with E-state index in [0.29, 0.717) is 28.2 Å². The molecule has 1 aliphatic heterocycles. The Morgan fingerprint density at radius 3 is 2.74 bits per heavy atom. The minimum Gasteiger partial charge on any atom is -0.482 e. The van der Waals surface area contributed by atoms with Crippen LogP contribution < -0.4 is 15.4 Å². The van der Waals surface area contributed by atoms with Crippen molar-refractivity contribution in [1.82, 2.24) is 20.1 Å². The summed E-state index contributed by atoms with van der Waals surface area (Å²) in [6.45, 7) is 3.77. The molecule has 1 aliphatic rings. The van der Waals surface area contributed by atoms with Crippen LogP contribution in [0.5, 0.6) is 5.75 Å². The molecule has 2 N–H and O–H groups in total. The van der Waals surface area contributed by atoms with Gasteiger partial charge in [0.15, 0.2) is 11.6 Å². The summed E-state index contributed by atoms with van der Waals surface area (Å²) in [6, 6.07) is 5.00. The number of nitrogens with zero attached hydrogens (tertiary/aromatic N) is 3. The molecule has 1 fully saturated rings. The molecule has 31 heavy (non-hydrogen) atoms. The summed E-state index contributed by atoms with van der Waals surface area (Å²) in [6.07, 6.45) is 7.18. The fourth-order valence-corrected chi connectivity index (χ4v) is 4.48. The molecule has 2 aromatic heterocycles. The number of anilines is 1. The van der Waals surface area contributed by atoms with E-state index in [1.807, 2.05) is 23.1 Å². The van der Waals surface area contributed by atoms with E-state index in [1.54, 1.807) is 20.2 Å². The maximum absolute atomic E-state index is 14.0. The fourth-order valence-electron chi connectivity index (χ4n) is 3.80. The lowest BCUT2D eigenvalue weighted by Gasteiger charge is -2.22. The third-order valence-corrected chi connectivity index (χ3v) is 6.21. The SMILES string of the molecule is CNc1ncc(-c2cnn(C3CCNCC3)c2)cc1OC(C)c1c(Cl)ccc(F)c1Cl. The first kappa shape index (κ1) is 21.9. The van der Waals surface area contributed by atoms with Gasteiger partial charge in [0.05, 0.1) is 17.3 Å². The molecule has 1 atom stereocenters. The predicted molar refractivity (Wildman–Crippen MR) is 122 cm³/mol. The van der Waals surface area contributed by atoms with E-state index >= 15 is 0 Å². The molecule has 0 saturated carbocycles. The van der Waals surface area contributed by atoms with E-state index in [0.717, 1.165) is 37.1 Å². The molecule has 6 nitrogen and oxygen atoms in total. The van der Waals surface area contributed by atoms with Crippen molar-refractivity contribution in [3.8, 4) is 16.9 Å². The minimum atomic E-state index is -0.586. The monoisotopic (exact) mass is 463 g/mol. The standard InChI is InChI=1S/C22H24Cl2FN5O/c1-13(20-17(23)3-4-18(25)21(20)24)31-19-9-14(10-28-22(19)26-2)15-11-29-30(12-15)16-5-7-27-8-6-16/h3-4,9-13,16,27H,5-8H2,1-2H3,(H,26,28). The van der Waals surface area contributed by atoms with Crippen molar-refractivity contribution >= 4 is 29.0 Å². The fraction of sp³-hybridized carbons (Fsp3) is 0.364. The summed E-state index contributed by atoms with van der Waals surface area (Å²) in [5.74, 6) is 0.533. The van der Waals surface area contributed by atoms with Crippen LogP contribution in [0.1, 0.15) is 37.5 Å². The number of piperidine rings is 1. The third-order valence-electron chi connectivity index (χ3n) is 5.50. The molecule has 1 saturated heterocycles. The molecule has 3 aromatic rings. The number of hydrogen-bond donors (Lipinski definition) is 2. The minimum absolute atomic E-state index is 0.0432. The van der Waals surface area contributed by atoms with Crippen LogP contribution in [0.15, 0.2) is 36.8 Å². The Hall–Kier alpha value is -2.35. The summed E-state index contributed by atoms with van der Waals surface area (Å²) in [7, 11) is 1.76. The largest absolute Gasteiger partial charge is 0.482 e. The van der Waals surface area contributed by atoms with Crippen LogP contribution in [-0.2, 0) is 0 Å². The summed E-state index contributed by atoms with van der Waals surface area (Å²) in [4.78, 5) is 4.48. The van der Waals surface area contributed by atoms with Gasteiger partial charge in [-0.2, -0.15) is 5.10 Å². The van der Waals surface area contributed by atoms with E-state index in [-0.39, 0.29) is 5.02 Å². The Labute approximate surface area is 190 Å². The molecular formula is C22H24Cl2FN5O. The maximum atomic E-state index is 14.0. The Bertz CT molecular complexity index is 1070. The first-order chi connectivity index (χ1) is 15.0. The van der Waals surface area contributed by atoms with E-state index in [2.05, 4.69) is 20.7 Å². The van der Waals surface area contributed by atoms with Crippen molar-refractivity contribution in [2.75, 3.05) is 25.5 Å². The summed E-state index contributed by atoms with van der Waals surface area (Å²) >= 11 is 12.4. The molecule has 0 aliphatic carbocycles. The van der Waals surface area contributed by atoms with Gasteiger partial charge in [-0.05, 0) is 51.1 Å². The van der Waals surface area contributed by atoms with Crippen LogP contribution in [0, 0.1) is 5.82 Å². The van der Waals surface area contributed by atoms with Crippen LogP contribution in [0.4, 0.5) is 10.2 Å². The highest BCUT2D eigenvalue weighted by Crippen LogP contribution is 2.37. The quantitative estimate of drug-likeness (QED) is 0.472. The third kappa shape index (κ3) is 4.63.